The summed E-state index contributed by atoms with van der Waals surface area (Å²) in [6.07, 6.45) is -0.509. The molecular weight excluding hydrogens is 346 g/mol. The predicted octanol–water partition coefficient (Wildman–Crippen LogP) is 3.50. The van der Waals surface area contributed by atoms with Crippen molar-refractivity contribution in [1.29, 1.82) is 0 Å². The number of aromatic amines is 2. The molecule has 0 aliphatic rings. The van der Waals surface area contributed by atoms with Crippen LogP contribution in [0.15, 0.2) is 53.3 Å². The molecule has 142 valence electrons. The smallest absolute Gasteiger partial charge is 0.408 e. The van der Waals surface area contributed by atoms with Crippen LogP contribution in [-0.4, -0.2) is 28.3 Å². The molecule has 0 fully saturated rings. The van der Waals surface area contributed by atoms with Crippen LogP contribution in [0.25, 0.3) is 11.0 Å². The van der Waals surface area contributed by atoms with Crippen molar-refractivity contribution in [2.75, 3.05) is 6.61 Å². The van der Waals surface area contributed by atoms with Crippen molar-refractivity contribution in [2.24, 2.45) is 0 Å². The zero-order chi connectivity index (χ0) is 19.4. The number of carbonyl (C=O) groups excluding carboxylic acids is 1. The Balaban J connectivity index is 1.74. The summed E-state index contributed by atoms with van der Waals surface area (Å²) in [5.41, 5.74) is 1.42. The van der Waals surface area contributed by atoms with E-state index in [2.05, 4.69) is 15.3 Å². The largest absolute Gasteiger partial charge is 0.491 e. The van der Waals surface area contributed by atoms with E-state index in [-0.39, 0.29) is 18.3 Å². The highest BCUT2D eigenvalue weighted by Gasteiger charge is 2.21. The van der Waals surface area contributed by atoms with Crippen molar-refractivity contribution in [3.05, 3.63) is 64.6 Å². The van der Waals surface area contributed by atoms with Crippen LogP contribution in [0.2, 0.25) is 0 Å². The molecule has 0 radical (unpaired) electrons. The minimum atomic E-state index is -0.586. The van der Waals surface area contributed by atoms with E-state index in [9.17, 15) is 9.59 Å². The number of fused-ring (bicyclic) bond motifs is 1. The maximum absolute atomic E-state index is 12.2. The van der Waals surface area contributed by atoms with Gasteiger partial charge in [-0.1, -0.05) is 30.3 Å². The lowest BCUT2D eigenvalue weighted by Crippen LogP contribution is -2.37. The monoisotopic (exact) mass is 369 g/mol. The molecule has 1 unspecified atom stereocenters. The van der Waals surface area contributed by atoms with E-state index in [1.807, 2.05) is 51.1 Å². The maximum Gasteiger partial charge on any atom is 0.408 e. The highest BCUT2D eigenvalue weighted by Crippen LogP contribution is 2.20. The van der Waals surface area contributed by atoms with Crippen LogP contribution in [-0.2, 0) is 4.74 Å². The minimum absolute atomic E-state index is 0.212. The molecule has 1 atom stereocenters. The van der Waals surface area contributed by atoms with Gasteiger partial charge in [0.25, 0.3) is 0 Å². The molecule has 1 aromatic heterocycles. The number of aromatic nitrogens is 2. The lowest BCUT2D eigenvalue weighted by Gasteiger charge is -2.24. The lowest BCUT2D eigenvalue weighted by molar-refractivity contribution is 0.0487. The van der Waals surface area contributed by atoms with Crippen LogP contribution in [0.5, 0.6) is 5.75 Å². The first-order valence-corrected chi connectivity index (χ1v) is 8.69. The van der Waals surface area contributed by atoms with Crippen LogP contribution in [0.1, 0.15) is 32.4 Å². The molecule has 0 spiro atoms. The van der Waals surface area contributed by atoms with Crippen LogP contribution in [0.3, 0.4) is 0 Å². The first-order chi connectivity index (χ1) is 12.8. The van der Waals surface area contributed by atoms with Crippen molar-refractivity contribution in [2.45, 2.75) is 32.4 Å². The number of carbonyl (C=O) groups is 1. The number of alkyl carbamates (subject to hydrolysis) is 1. The van der Waals surface area contributed by atoms with E-state index in [4.69, 9.17) is 9.47 Å². The number of rotatable bonds is 5. The third kappa shape index (κ3) is 5.13. The van der Waals surface area contributed by atoms with Gasteiger partial charge in [-0.15, -0.1) is 0 Å². The zero-order valence-electron chi connectivity index (χ0n) is 15.5. The summed E-state index contributed by atoms with van der Waals surface area (Å²) in [6.45, 7) is 5.65. The second kappa shape index (κ2) is 7.57. The third-order valence-electron chi connectivity index (χ3n) is 3.80. The Bertz CT molecular complexity index is 970. The zero-order valence-corrected chi connectivity index (χ0v) is 15.5. The number of hydrogen-bond acceptors (Lipinski definition) is 4. The number of hydrogen-bond donors (Lipinski definition) is 3. The fourth-order valence-electron chi connectivity index (χ4n) is 2.64. The van der Waals surface area contributed by atoms with Gasteiger partial charge in [-0.3, -0.25) is 0 Å². The molecule has 1 heterocycles. The van der Waals surface area contributed by atoms with Crippen molar-refractivity contribution in [3.8, 4) is 5.75 Å². The van der Waals surface area contributed by atoms with E-state index in [1.54, 1.807) is 18.2 Å². The quantitative estimate of drug-likeness (QED) is 0.641. The Hall–Kier alpha value is -3.22. The molecule has 0 saturated heterocycles. The van der Waals surface area contributed by atoms with Gasteiger partial charge < -0.3 is 24.8 Å². The van der Waals surface area contributed by atoms with E-state index >= 15 is 0 Å². The highest BCUT2D eigenvalue weighted by molar-refractivity contribution is 5.76. The highest BCUT2D eigenvalue weighted by atomic mass is 16.6. The Morgan fingerprint density at radius 3 is 2.48 bits per heavy atom. The molecule has 0 aliphatic heterocycles. The summed E-state index contributed by atoms with van der Waals surface area (Å²) in [5, 5.41) is 2.85. The maximum atomic E-state index is 12.2. The van der Waals surface area contributed by atoms with Crippen molar-refractivity contribution in [3.63, 3.8) is 0 Å². The van der Waals surface area contributed by atoms with Crippen molar-refractivity contribution < 1.29 is 14.3 Å². The second-order valence-electron chi connectivity index (χ2n) is 7.21. The normalized spacial score (nSPS) is 12.6. The fraction of sp³-hybridized carbons (Fsp3) is 0.300. The molecule has 3 N–H and O–H groups in total. The molecule has 2 aromatic carbocycles. The van der Waals surface area contributed by atoms with Gasteiger partial charge >= 0.3 is 11.8 Å². The average molecular weight is 369 g/mol. The Labute approximate surface area is 156 Å². The van der Waals surface area contributed by atoms with Gasteiger partial charge in [-0.2, -0.15) is 0 Å². The summed E-state index contributed by atoms with van der Waals surface area (Å²) in [5.74, 6) is 0.588. The standard InChI is InChI=1S/C20H23N3O4/c1-20(2,3)27-19(25)23-17(13-7-5-4-6-8-13)12-26-14-9-10-15-16(11-14)22-18(24)21-15/h4-11,17H,12H2,1-3H3,(H,23,25)(H2,21,22,24). The molecule has 3 aromatic rings. The van der Waals surface area contributed by atoms with E-state index in [0.29, 0.717) is 16.8 Å². The first kappa shape index (κ1) is 18.6. The van der Waals surface area contributed by atoms with E-state index in [1.165, 1.54) is 0 Å². The molecular formula is C20H23N3O4. The summed E-state index contributed by atoms with van der Waals surface area (Å²) in [7, 11) is 0. The number of benzene rings is 2. The molecule has 7 nitrogen and oxygen atoms in total. The molecule has 3 rings (SSSR count). The number of H-pyrrole nitrogens is 2. The molecule has 7 heteroatoms. The fourth-order valence-corrected chi connectivity index (χ4v) is 2.64. The second-order valence-corrected chi connectivity index (χ2v) is 7.21. The van der Waals surface area contributed by atoms with Gasteiger partial charge in [0, 0.05) is 6.07 Å². The molecule has 0 aliphatic carbocycles. The van der Waals surface area contributed by atoms with Crippen LogP contribution >= 0.6 is 0 Å². The molecule has 27 heavy (non-hydrogen) atoms. The minimum Gasteiger partial charge on any atom is -0.491 e. The van der Waals surface area contributed by atoms with Gasteiger partial charge in [0.1, 0.15) is 18.0 Å². The van der Waals surface area contributed by atoms with E-state index < -0.39 is 11.7 Å². The summed E-state index contributed by atoms with van der Waals surface area (Å²) >= 11 is 0. The van der Waals surface area contributed by atoms with Crippen LogP contribution in [0, 0.1) is 0 Å². The lowest BCUT2D eigenvalue weighted by atomic mass is 10.1. The third-order valence-corrected chi connectivity index (χ3v) is 3.80. The van der Waals surface area contributed by atoms with Gasteiger partial charge in [0.2, 0.25) is 0 Å². The molecule has 0 bridgehead atoms. The Morgan fingerprint density at radius 1 is 1.07 bits per heavy atom. The van der Waals surface area contributed by atoms with Crippen LogP contribution in [0.4, 0.5) is 4.79 Å². The summed E-state index contributed by atoms with van der Waals surface area (Å²) < 4.78 is 11.2. The van der Waals surface area contributed by atoms with E-state index in [0.717, 1.165) is 5.56 Å². The predicted molar refractivity (Wildman–Crippen MR) is 103 cm³/mol. The Kier molecular flexibility index (Phi) is 5.21. The van der Waals surface area contributed by atoms with Crippen LogP contribution < -0.4 is 15.7 Å². The summed E-state index contributed by atoms with van der Waals surface area (Å²) in [6, 6.07) is 14.4. The average Bonchev–Trinajstić information content (AvgIpc) is 2.97. The number of amides is 1. The van der Waals surface area contributed by atoms with Crippen molar-refractivity contribution in [1.82, 2.24) is 15.3 Å². The summed E-state index contributed by atoms with van der Waals surface area (Å²) in [4.78, 5) is 29.0. The molecule has 0 saturated carbocycles. The van der Waals surface area contributed by atoms with Gasteiger partial charge in [-0.25, -0.2) is 9.59 Å². The first-order valence-electron chi connectivity index (χ1n) is 8.69. The van der Waals surface area contributed by atoms with Gasteiger partial charge in [-0.05, 0) is 38.5 Å². The molecule has 1 amide bonds. The Morgan fingerprint density at radius 2 is 1.78 bits per heavy atom. The number of imidazole rings is 1. The number of nitrogens with one attached hydrogen (secondary N) is 3. The number of ether oxygens (including phenoxy) is 2. The van der Waals surface area contributed by atoms with Gasteiger partial charge in [0.05, 0.1) is 17.1 Å². The van der Waals surface area contributed by atoms with Crippen molar-refractivity contribution >= 4 is 17.1 Å². The van der Waals surface area contributed by atoms with Gasteiger partial charge in [0.15, 0.2) is 0 Å². The SMILES string of the molecule is CC(C)(C)OC(=O)NC(COc1ccc2[nH]c(=O)[nH]c2c1)c1ccccc1. The topological polar surface area (TPSA) is 96.2 Å².